The Morgan fingerprint density at radius 3 is 2.42 bits per heavy atom. The minimum Gasteiger partial charge on any atom is -0.507 e. The molecule has 0 amide bonds. The number of ether oxygens (including phenoxy) is 1. The van der Waals surface area contributed by atoms with E-state index >= 15 is 0 Å². The van der Waals surface area contributed by atoms with E-state index in [0.29, 0.717) is 5.56 Å². The molecule has 0 aliphatic heterocycles. The van der Waals surface area contributed by atoms with Crippen molar-refractivity contribution in [3.8, 4) is 12.3 Å². The van der Waals surface area contributed by atoms with E-state index in [2.05, 4.69) is 5.92 Å². The molecule has 1 aromatic carbocycles. The van der Waals surface area contributed by atoms with E-state index in [9.17, 15) is 9.90 Å². The number of Topliss-reactive ketones (excluding diaryl/α,β-unsaturated/α-hetero) is 1. The van der Waals surface area contributed by atoms with Crippen molar-refractivity contribution in [2.45, 2.75) is 25.9 Å². The topological polar surface area (TPSA) is 46.5 Å². The van der Waals surface area contributed by atoms with Crippen LogP contribution in [0.1, 0.15) is 25.8 Å². The molecule has 0 heterocycles. The Labute approximate surface area is 113 Å². The minimum absolute atomic E-state index is 0.0619. The van der Waals surface area contributed by atoms with Gasteiger partial charge in [0.25, 0.3) is 0 Å². The minimum atomic E-state index is -1.02. The maximum atomic E-state index is 12.4. The summed E-state index contributed by atoms with van der Waals surface area (Å²) in [7, 11) is 1.45. The lowest BCUT2D eigenvalue weighted by Gasteiger charge is -2.22. The highest BCUT2D eigenvalue weighted by Gasteiger charge is 2.31. The van der Waals surface area contributed by atoms with Gasteiger partial charge in [-0.1, -0.05) is 30.3 Å². The maximum absolute atomic E-state index is 12.4. The number of ketones is 1. The Morgan fingerprint density at radius 2 is 1.95 bits per heavy atom. The van der Waals surface area contributed by atoms with Gasteiger partial charge in [-0.3, -0.25) is 4.79 Å². The van der Waals surface area contributed by atoms with Gasteiger partial charge in [-0.25, -0.2) is 0 Å². The van der Waals surface area contributed by atoms with Gasteiger partial charge in [0.05, 0.1) is 5.57 Å². The quantitative estimate of drug-likeness (QED) is 0.502. The first-order chi connectivity index (χ1) is 8.94. The third kappa shape index (κ3) is 3.46. The number of carbonyl (C=O) groups excluding carboxylic acids is 1. The predicted molar refractivity (Wildman–Crippen MR) is 75.5 cm³/mol. The van der Waals surface area contributed by atoms with Gasteiger partial charge in [0, 0.05) is 19.1 Å². The fraction of sp³-hybridized carbons (Fsp3) is 0.312. The van der Waals surface area contributed by atoms with Crippen LogP contribution in [0.25, 0.3) is 5.76 Å². The summed E-state index contributed by atoms with van der Waals surface area (Å²) in [6.45, 7) is 3.29. The largest absolute Gasteiger partial charge is 0.507 e. The zero-order valence-corrected chi connectivity index (χ0v) is 11.4. The molecule has 0 spiro atoms. The molecular weight excluding hydrogens is 240 g/mol. The zero-order chi connectivity index (χ0) is 14.5. The van der Waals surface area contributed by atoms with E-state index in [4.69, 9.17) is 11.2 Å². The number of terminal acetylenes is 1. The lowest BCUT2D eigenvalue weighted by Crippen LogP contribution is -2.35. The molecule has 0 atom stereocenters. The SMILES string of the molecule is C#CCC(C(=O)C(C)(C)OC)=C(O)c1ccccc1. The van der Waals surface area contributed by atoms with Crippen LogP contribution >= 0.6 is 0 Å². The summed E-state index contributed by atoms with van der Waals surface area (Å²) in [4.78, 5) is 12.4. The summed E-state index contributed by atoms with van der Waals surface area (Å²) >= 11 is 0. The Kier molecular flexibility index (Phi) is 4.91. The maximum Gasteiger partial charge on any atom is 0.194 e. The second-order valence-corrected chi connectivity index (χ2v) is 4.62. The molecule has 100 valence electrons. The number of benzene rings is 1. The zero-order valence-electron chi connectivity index (χ0n) is 11.4. The highest BCUT2D eigenvalue weighted by Crippen LogP contribution is 2.24. The summed E-state index contributed by atoms with van der Waals surface area (Å²) in [5, 5.41) is 10.2. The van der Waals surface area contributed by atoms with Gasteiger partial charge in [0.15, 0.2) is 5.78 Å². The first-order valence-corrected chi connectivity index (χ1v) is 5.95. The third-order valence-electron chi connectivity index (χ3n) is 2.94. The Bertz CT molecular complexity index is 519. The van der Waals surface area contributed by atoms with Crippen molar-refractivity contribution in [2.75, 3.05) is 7.11 Å². The van der Waals surface area contributed by atoms with Gasteiger partial charge >= 0.3 is 0 Å². The van der Waals surface area contributed by atoms with E-state index in [1.54, 1.807) is 38.1 Å². The van der Waals surface area contributed by atoms with Gasteiger partial charge in [0.2, 0.25) is 0 Å². The van der Waals surface area contributed by atoms with Crippen LogP contribution in [0, 0.1) is 12.3 Å². The molecule has 1 N–H and O–H groups in total. The molecule has 0 unspecified atom stereocenters. The average molecular weight is 258 g/mol. The second-order valence-electron chi connectivity index (χ2n) is 4.62. The van der Waals surface area contributed by atoms with E-state index in [1.807, 2.05) is 6.07 Å². The molecule has 0 fully saturated rings. The van der Waals surface area contributed by atoms with Gasteiger partial charge in [-0.05, 0) is 13.8 Å². The number of carbonyl (C=O) groups is 1. The van der Waals surface area contributed by atoms with Gasteiger partial charge in [0.1, 0.15) is 11.4 Å². The van der Waals surface area contributed by atoms with Crippen LogP contribution in [0.5, 0.6) is 0 Å². The van der Waals surface area contributed by atoms with Crippen LogP contribution in [0.2, 0.25) is 0 Å². The number of hydrogen-bond acceptors (Lipinski definition) is 3. The lowest BCUT2D eigenvalue weighted by atomic mass is 9.92. The average Bonchev–Trinajstić information content (AvgIpc) is 2.44. The number of methoxy groups -OCH3 is 1. The predicted octanol–water partition coefficient (Wildman–Crippen LogP) is 2.97. The lowest BCUT2D eigenvalue weighted by molar-refractivity contribution is -0.133. The Morgan fingerprint density at radius 1 is 1.37 bits per heavy atom. The fourth-order valence-electron chi connectivity index (χ4n) is 1.60. The number of hydrogen-bond donors (Lipinski definition) is 1. The van der Waals surface area contributed by atoms with Crippen molar-refractivity contribution in [1.82, 2.24) is 0 Å². The smallest absolute Gasteiger partial charge is 0.194 e. The molecule has 1 aromatic rings. The summed E-state index contributed by atoms with van der Waals surface area (Å²) < 4.78 is 5.15. The molecule has 0 saturated carbocycles. The molecule has 19 heavy (non-hydrogen) atoms. The van der Waals surface area contributed by atoms with Gasteiger partial charge in [-0.15, -0.1) is 12.3 Å². The molecular formula is C16H18O3. The van der Waals surface area contributed by atoms with Crippen molar-refractivity contribution < 1.29 is 14.6 Å². The van der Waals surface area contributed by atoms with Crippen molar-refractivity contribution in [2.24, 2.45) is 0 Å². The van der Waals surface area contributed by atoms with Crippen molar-refractivity contribution in [3.05, 3.63) is 41.5 Å². The van der Waals surface area contributed by atoms with Gasteiger partial charge in [-0.2, -0.15) is 0 Å². The summed E-state index contributed by atoms with van der Waals surface area (Å²) in [5.74, 6) is 2.00. The van der Waals surface area contributed by atoms with E-state index < -0.39 is 5.60 Å². The first-order valence-electron chi connectivity index (χ1n) is 5.95. The normalized spacial score (nSPS) is 12.5. The van der Waals surface area contributed by atoms with Crippen LogP contribution in [0.15, 0.2) is 35.9 Å². The second kappa shape index (κ2) is 6.21. The number of aliphatic hydroxyl groups excluding tert-OH is 1. The van der Waals surface area contributed by atoms with E-state index in [1.165, 1.54) is 7.11 Å². The third-order valence-corrected chi connectivity index (χ3v) is 2.94. The van der Waals surface area contributed by atoms with Gasteiger partial charge < -0.3 is 9.84 Å². The molecule has 0 saturated heterocycles. The van der Waals surface area contributed by atoms with E-state index in [-0.39, 0.29) is 23.5 Å². The summed E-state index contributed by atoms with van der Waals surface area (Å²) in [6.07, 6.45) is 5.34. The van der Waals surface area contributed by atoms with Crippen LogP contribution in [-0.4, -0.2) is 23.6 Å². The van der Waals surface area contributed by atoms with Crippen molar-refractivity contribution in [3.63, 3.8) is 0 Å². The Balaban J connectivity index is 3.28. The molecule has 3 nitrogen and oxygen atoms in total. The molecule has 0 aromatic heterocycles. The molecule has 0 aliphatic carbocycles. The van der Waals surface area contributed by atoms with Crippen LogP contribution in [0.4, 0.5) is 0 Å². The molecule has 3 heteroatoms. The van der Waals surface area contributed by atoms with E-state index in [0.717, 1.165) is 0 Å². The molecule has 0 bridgehead atoms. The molecule has 0 aliphatic rings. The van der Waals surface area contributed by atoms with Crippen LogP contribution in [0.3, 0.4) is 0 Å². The van der Waals surface area contributed by atoms with Crippen LogP contribution < -0.4 is 0 Å². The molecule has 0 radical (unpaired) electrons. The monoisotopic (exact) mass is 258 g/mol. The number of aliphatic hydroxyl groups is 1. The van der Waals surface area contributed by atoms with Crippen molar-refractivity contribution in [1.29, 1.82) is 0 Å². The molecule has 1 rings (SSSR count). The first kappa shape index (κ1) is 15.0. The summed E-state index contributed by atoms with van der Waals surface area (Å²) in [5.41, 5.74) is -0.261. The van der Waals surface area contributed by atoms with Crippen molar-refractivity contribution >= 4 is 11.5 Å². The fourth-order valence-corrected chi connectivity index (χ4v) is 1.60. The highest BCUT2D eigenvalue weighted by molar-refractivity contribution is 6.06. The standard InChI is InChI=1S/C16H18O3/c1-5-9-13(15(18)16(2,3)19-4)14(17)12-10-7-6-8-11-12/h1,6-8,10-11,17H,9H2,2-4H3. The Hall–Kier alpha value is -2.05. The van der Waals surface area contributed by atoms with Crippen LogP contribution in [-0.2, 0) is 9.53 Å². The summed E-state index contributed by atoms with van der Waals surface area (Å²) in [6, 6.07) is 8.84. The highest BCUT2D eigenvalue weighted by atomic mass is 16.5. The number of rotatable bonds is 5.